The minimum atomic E-state index is -0.516. The van der Waals surface area contributed by atoms with E-state index in [1.165, 1.54) is 16.7 Å². The van der Waals surface area contributed by atoms with Gasteiger partial charge >= 0.3 is 0 Å². The molecule has 2 aromatic carbocycles. The van der Waals surface area contributed by atoms with E-state index >= 15 is 0 Å². The van der Waals surface area contributed by atoms with Gasteiger partial charge in [-0.15, -0.1) is 0 Å². The van der Waals surface area contributed by atoms with Gasteiger partial charge in [-0.2, -0.15) is 0 Å². The maximum absolute atomic E-state index is 10.5. The lowest BCUT2D eigenvalue weighted by atomic mass is 9.97. The van der Waals surface area contributed by atoms with Crippen molar-refractivity contribution in [1.82, 2.24) is 0 Å². The Morgan fingerprint density at radius 2 is 1.90 bits per heavy atom. The molecule has 1 atom stereocenters. The van der Waals surface area contributed by atoms with Crippen molar-refractivity contribution in [1.29, 1.82) is 0 Å². The number of halogens is 1. The fourth-order valence-corrected chi connectivity index (χ4v) is 2.85. The summed E-state index contributed by atoms with van der Waals surface area (Å²) in [4.78, 5) is 0. The molecule has 1 N–H and O–H groups in total. The molecule has 2 aromatic rings. The molecule has 0 fully saturated rings. The number of aliphatic hydroxyl groups excluding tert-OH is 1. The Bertz CT molecular complexity index is 623. The van der Waals surface area contributed by atoms with Gasteiger partial charge in [0, 0.05) is 6.42 Å². The standard InChI is InChI=1S/C18H21BrO2/c1-4-21-18-8-7-14(10-16(18)19)17(20)11-15-9-12(2)5-6-13(15)3/h5-10,17,20H,4,11H2,1-3H3. The number of hydrogen-bond acceptors (Lipinski definition) is 2. The molecule has 0 aliphatic carbocycles. The lowest BCUT2D eigenvalue weighted by Gasteiger charge is -2.15. The highest BCUT2D eigenvalue weighted by Gasteiger charge is 2.12. The van der Waals surface area contributed by atoms with Gasteiger partial charge in [0.15, 0.2) is 0 Å². The van der Waals surface area contributed by atoms with Crippen LogP contribution in [0.15, 0.2) is 40.9 Å². The van der Waals surface area contributed by atoms with Crippen LogP contribution in [0.25, 0.3) is 0 Å². The Morgan fingerprint density at radius 3 is 2.57 bits per heavy atom. The summed E-state index contributed by atoms with van der Waals surface area (Å²) in [5.41, 5.74) is 4.51. The summed E-state index contributed by atoms with van der Waals surface area (Å²) in [6, 6.07) is 12.1. The molecule has 0 bridgehead atoms. The zero-order valence-electron chi connectivity index (χ0n) is 12.7. The first-order valence-corrected chi connectivity index (χ1v) is 7.97. The molecule has 0 saturated heterocycles. The highest BCUT2D eigenvalue weighted by atomic mass is 79.9. The predicted molar refractivity (Wildman–Crippen MR) is 89.9 cm³/mol. The summed E-state index contributed by atoms with van der Waals surface area (Å²) in [6.07, 6.45) is 0.103. The van der Waals surface area contributed by atoms with Crippen LogP contribution < -0.4 is 4.74 Å². The highest BCUT2D eigenvalue weighted by molar-refractivity contribution is 9.10. The van der Waals surface area contributed by atoms with Gasteiger partial charge in [0.25, 0.3) is 0 Å². The summed E-state index contributed by atoms with van der Waals surface area (Å²) in [6.45, 7) is 6.73. The molecule has 0 radical (unpaired) electrons. The summed E-state index contributed by atoms with van der Waals surface area (Å²) in [5.74, 6) is 0.806. The van der Waals surface area contributed by atoms with Gasteiger partial charge in [-0.05, 0) is 65.5 Å². The second-order valence-electron chi connectivity index (χ2n) is 5.27. The van der Waals surface area contributed by atoms with Crippen molar-refractivity contribution in [2.24, 2.45) is 0 Å². The Morgan fingerprint density at radius 1 is 1.14 bits per heavy atom. The number of rotatable bonds is 5. The molecule has 0 spiro atoms. The van der Waals surface area contributed by atoms with Crippen molar-refractivity contribution in [3.63, 3.8) is 0 Å². The topological polar surface area (TPSA) is 29.5 Å². The zero-order chi connectivity index (χ0) is 15.4. The van der Waals surface area contributed by atoms with Crippen LogP contribution in [0.1, 0.15) is 35.3 Å². The maximum atomic E-state index is 10.5. The molecular formula is C18H21BrO2. The van der Waals surface area contributed by atoms with E-state index in [0.29, 0.717) is 13.0 Å². The first-order valence-electron chi connectivity index (χ1n) is 7.17. The molecule has 0 heterocycles. The molecule has 0 aromatic heterocycles. The lowest BCUT2D eigenvalue weighted by Crippen LogP contribution is -2.04. The normalized spacial score (nSPS) is 12.2. The smallest absolute Gasteiger partial charge is 0.133 e. The quantitative estimate of drug-likeness (QED) is 0.845. The van der Waals surface area contributed by atoms with E-state index in [4.69, 9.17) is 4.74 Å². The van der Waals surface area contributed by atoms with Crippen molar-refractivity contribution >= 4 is 15.9 Å². The van der Waals surface area contributed by atoms with E-state index in [1.54, 1.807) is 0 Å². The number of ether oxygens (including phenoxy) is 1. The van der Waals surface area contributed by atoms with Gasteiger partial charge in [-0.1, -0.05) is 29.8 Å². The summed E-state index contributed by atoms with van der Waals surface area (Å²) >= 11 is 3.49. The average Bonchev–Trinajstić information content (AvgIpc) is 2.45. The van der Waals surface area contributed by atoms with Crippen LogP contribution >= 0.6 is 15.9 Å². The summed E-state index contributed by atoms with van der Waals surface area (Å²) in [5, 5.41) is 10.5. The third kappa shape index (κ3) is 4.08. The third-order valence-electron chi connectivity index (χ3n) is 3.56. The van der Waals surface area contributed by atoms with Crippen molar-refractivity contribution in [2.75, 3.05) is 6.61 Å². The van der Waals surface area contributed by atoms with Crippen molar-refractivity contribution in [3.8, 4) is 5.75 Å². The van der Waals surface area contributed by atoms with Crippen LogP contribution in [0, 0.1) is 13.8 Å². The van der Waals surface area contributed by atoms with Gasteiger partial charge in [-0.3, -0.25) is 0 Å². The van der Waals surface area contributed by atoms with Gasteiger partial charge in [-0.25, -0.2) is 0 Å². The average molecular weight is 349 g/mol. The number of hydrogen-bond donors (Lipinski definition) is 1. The Labute approximate surface area is 134 Å². The highest BCUT2D eigenvalue weighted by Crippen LogP contribution is 2.30. The van der Waals surface area contributed by atoms with E-state index in [1.807, 2.05) is 25.1 Å². The zero-order valence-corrected chi connectivity index (χ0v) is 14.3. The van der Waals surface area contributed by atoms with E-state index in [-0.39, 0.29) is 0 Å². The Balaban J connectivity index is 2.18. The van der Waals surface area contributed by atoms with Crippen LogP contribution in [0.5, 0.6) is 5.75 Å². The molecule has 2 nitrogen and oxygen atoms in total. The molecule has 0 saturated carbocycles. The van der Waals surface area contributed by atoms with Crippen LogP contribution in [-0.2, 0) is 6.42 Å². The molecular weight excluding hydrogens is 328 g/mol. The third-order valence-corrected chi connectivity index (χ3v) is 4.18. The molecule has 0 aliphatic rings. The first-order chi connectivity index (χ1) is 10.0. The SMILES string of the molecule is CCOc1ccc(C(O)Cc2cc(C)ccc2C)cc1Br. The van der Waals surface area contributed by atoms with Crippen LogP contribution in [-0.4, -0.2) is 11.7 Å². The second-order valence-corrected chi connectivity index (χ2v) is 6.13. The molecule has 112 valence electrons. The van der Waals surface area contributed by atoms with Gasteiger partial charge in [0.2, 0.25) is 0 Å². The first kappa shape index (κ1) is 16.1. The molecule has 2 rings (SSSR count). The largest absolute Gasteiger partial charge is 0.493 e. The molecule has 21 heavy (non-hydrogen) atoms. The van der Waals surface area contributed by atoms with Gasteiger partial charge in [0.1, 0.15) is 5.75 Å². The molecule has 3 heteroatoms. The molecule has 0 aliphatic heterocycles. The predicted octanol–water partition coefficient (Wildman–Crippen LogP) is 4.74. The van der Waals surface area contributed by atoms with Crippen LogP contribution in [0.2, 0.25) is 0 Å². The molecule has 0 amide bonds. The van der Waals surface area contributed by atoms with Crippen LogP contribution in [0.3, 0.4) is 0 Å². The fraction of sp³-hybridized carbons (Fsp3) is 0.333. The van der Waals surface area contributed by atoms with Crippen molar-refractivity contribution in [2.45, 2.75) is 33.3 Å². The number of aryl methyl sites for hydroxylation is 2. The lowest BCUT2D eigenvalue weighted by molar-refractivity contribution is 0.178. The Hall–Kier alpha value is -1.32. The van der Waals surface area contributed by atoms with Gasteiger partial charge in [0.05, 0.1) is 17.2 Å². The minimum Gasteiger partial charge on any atom is -0.493 e. The van der Waals surface area contributed by atoms with E-state index in [9.17, 15) is 5.11 Å². The second kappa shape index (κ2) is 7.10. The maximum Gasteiger partial charge on any atom is 0.133 e. The fourth-order valence-electron chi connectivity index (χ4n) is 2.34. The van der Waals surface area contributed by atoms with E-state index in [2.05, 4.69) is 48.0 Å². The minimum absolute atomic E-state index is 0.516. The van der Waals surface area contributed by atoms with Gasteiger partial charge < -0.3 is 9.84 Å². The Kier molecular flexibility index (Phi) is 5.43. The van der Waals surface area contributed by atoms with Crippen molar-refractivity contribution in [3.05, 3.63) is 63.1 Å². The number of aliphatic hydroxyl groups is 1. The van der Waals surface area contributed by atoms with Crippen LogP contribution in [0.4, 0.5) is 0 Å². The summed E-state index contributed by atoms with van der Waals surface area (Å²) < 4.78 is 6.37. The van der Waals surface area contributed by atoms with E-state index < -0.39 is 6.10 Å². The van der Waals surface area contributed by atoms with E-state index in [0.717, 1.165) is 15.8 Å². The monoisotopic (exact) mass is 348 g/mol. The molecule has 1 unspecified atom stereocenters. The van der Waals surface area contributed by atoms with Crippen molar-refractivity contribution < 1.29 is 9.84 Å². The summed E-state index contributed by atoms with van der Waals surface area (Å²) in [7, 11) is 0. The number of benzene rings is 2.